The highest BCUT2D eigenvalue weighted by molar-refractivity contribution is 6.32. The average Bonchev–Trinajstić information content (AvgIpc) is 3.52. The second kappa shape index (κ2) is 9.15. The number of anilines is 2. The summed E-state index contributed by atoms with van der Waals surface area (Å²) in [5.41, 5.74) is 1.03. The van der Waals surface area contributed by atoms with Crippen LogP contribution < -0.4 is 10.2 Å². The molecule has 0 radical (unpaired) electrons. The van der Waals surface area contributed by atoms with Crippen LogP contribution in [0.25, 0.3) is 10.8 Å². The third-order valence-electron chi connectivity index (χ3n) is 7.73. The first-order valence-corrected chi connectivity index (χ1v) is 12.9. The molecular formula is C28H22Cl2N2O5. The summed E-state index contributed by atoms with van der Waals surface area (Å²) in [4.78, 5) is 52.8. The van der Waals surface area contributed by atoms with Gasteiger partial charge in [0, 0.05) is 11.1 Å². The van der Waals surface area contributed by atoms with Crippen molar-refractivity contribution in [2.24, 2.45) is 23.7 Å². The van der Waals surface area contributed by atoms with E-state index in [1.54, 1.807) is 18.2 Å². The molecule has 1 heterocycles. The van der Waals surface area contributed by atoms with Crippen LogP contribution in [-0.4, -0.2) is 41.1 Å². The van der Waals surface area contributed by atoms with Gasteiger partial charge in [0.15, 0.2) is 6.61 Å². The maximum Gasteiger partial charge on any atom is 0.338 e. The second-order valence-corrected chi connectivity index (χ2v) is 10.7. The van der Waals surface area contributed by atoms with Crippen LogP contribution in [0.5, 0.6) is 0 Å². The van der Waals surface area contributed by atoms with Crippen molar-refractivity contribution in [3.8, 4) is 0 Å². The number of carbonyl (C=O) groups is 4. The number of esters is 1. The Bertz CT molecular complexity index is 1420. The summed E-state index contributed by atoms with van der Waals surface area (Å²) < 4.78 is 5.22. The van der Waals surface area contributed by atoms with E-state index in [-0.39, 0.29) is 45.7 Å². The molecule has 0 spiro atoms. The van der Waals surface area contributed by atoms with Gasteiger partial charge < -0.3 is 10.1 Å². The first-order chi connectivity index (χ1) is 17.8. The molecule has 2 bridgehead atoms. The summed E-state index contributed by atoms with van der Waals surface area (Å²) in [6.07, 6.45) is 0.677. The summed E-state index contributed by atoms with van der Waals surface area (Å²) in [5.74, 6) is -3.07. The fraction of sp³-hybridized carbons (Fsp3) is 0.286. The Morgan fingerprint density at radius 2 is 1.54 bits per heavy atom. The molecule has 3 fully saturated rings. The SMILES string of the molecule is O=C(COC(=O)c1cccc(N2C(=O)[C@@H]3[C@H]4C[C@@H]([C@H](Cl)[C@H]4Cl)[C@@H]3C2=O)c1)Nc1cccc2ccccc12. The van der Waals surface area contributed by atoms with Gasteiger partial charge in [-0.1, -0.05) is 42.5 Å². The Morgan fingerprint density at radius 1 is 0.892 bits per heavy atom. The van der Waals surface area contributed by atoms with E-state index in [2.05, 4.69) is 5.32 Å². The molecule has 6 rings (SSSR count). The summed E-state index contributed by atoms with van der Waals surface area (Å²) >= 11 is 12.9. The Morgan fingerprint density at radius 3 is 2.27 bits per heavy atom. The first kappa shape index (κ1) is 23.9. The summed E-state index contributed by atoms with van der Waals surface area (Å²) in [6, 6.07) is 19.3. The number of alkyl halides is 2. The van der Waals surface area contributed by atoms with E-state index in [1.165, 1.54) is 12.1 Å². The van der Waals surface area contributed by atoms with Crippen LogP contribution in [0.15, 0.2) is 66.7 Å². The Hall–Kier alpha value is -3.42. The van der Waals surface area contributed by atoms with Crippen molar-refractivity contribution >= 4 is 69.0 Å². The van der Waals surface area contributed by atoms with Gasteiger partial charge in [-0.25, -0.2) is 4.79 Å². The molecule has 2 aliphatic carbocycles. The molecular weight excluding hydrogens is 515 g/mol. The van der Waals surface area contributed by atoms with E-state index in [1.807, 2.05) is 36.4 Å². The topological polar surface area (TPSA) is 92.8 Å². The van der Waals surface area contributed by atoms with Crippen molar-refractivity contribution in [3.05, 3.63) is 72.3 Å². The van der Waals surface area contributed by atoms with Gasteiger partial charge in [-0.15, -0.1) is 23.2 Å². The lowest BCUT2D eigenvalue weighted by Gasteiger charge is -2.28. The fourth-order valence-corrected chi connectivity index (χ4v) is 7.00. The van der Waals surface area contributed by atoms with Crippen LogP contribution in [0.1, 0.15) is 16.8 Å². The van der Waals surface area contributed by atoms with E-state index in [0.717, 1.165) is 15.7 Å². The van der Waals surface area contributed by atoms with Gasteiger partial charge in [-0.2, -0.15) is 0 Å². The number of amides is 3. The number of nitrogens with zero attached hydrogens (tertiary/aromatic N) is 1. The largest absolute Gasteiger partial charge is 0.452 e. The molecule has 3 aromatic rings. The average molecular weight is 537 g/mol. The van der Waals surface area contributed by atoms with Gasteiger partial charge in [-0.3, -0.25) is 19.3 Å². The number of imide groups is 1. The second-order valence-electron chi connectivity index (χ2n) is 9.72. The lowest BCUT2D eigenvalue weighted by Crippen LogP contribution is -2.37. The molecule has 3 amide bonds. The highest BCUT2D eigenvalue weighted by atomic mass is 35.5. The quantitative estimate of drug-likeness (QED) is 0.292. The van der Waals surface area contributed by atoms with Crippen molar-refractivity contribution in [3.63, 3.8) is 0 Å². The minimum atomic E-state index is -0.740. The number of hydrogen-bond acceptors (Lipinski definition) is 5. The van der Waals surface area contributed by atoms with Crippen molar-refractivity contribution < 1.29 is 23.9 Å². The number of fused-ring (bicyclic) bond motifs is 6. The zero-order valence-corrected chi connectivity index (χ0v) is 21.0. The zero-order chi connectivity index (χ0) is 25.8. The van der Waals surface area contributed by atoms with Gasteiger partial charge in [0.1, 0.15) is 0 Å². The van der Waals surface area contributed by atoms with E-state index >= 15 is 0 Å². The smallest absolute Gasteiger partial charge is 0.338 e. The highest BCUT2D eigenvalue weighted by Gasteiger charge is 2.66. The molecule has 188 valence electrons. The van der Waals surface area contributed by atoms with Gasteiger partial charge >= 0.3 is 5.97 Å². The molecule has 37 heavy (non-hydrogen) atoms. The van der Waals surface area contributed by atoms with Crippen molar-refractivity contribution in [2.75, 3.05) is 16.8 Å². The molecule has 3 aliphatic rings. The van der Waals surface area contributed by atoms with Crippen LogP contribution in [0.2, 0.25) is 0 Å². The molecule has 9 heteroatoms. The molecule has 1 N–H and O–H groups in total. The monoisotopic (exact) mass is 536 g/mol. The van der Waals surface area contributed by atoms with Gasteiger partial charge in [0.05, 0.1) is 33.8 Å². The van der Waals surface area contributed by atoms with Crippen LogP contribution in [0.4, 0.5) is 11.4 Å². The number of nitrogens with one attached hydrogen (secondary N) is 1. The predicted octanol–water partition coefficient (Wildman–Crippen LogP) is 4.61. The van der Waals surface area contributed by atoms with Crippen molar-refractivity contribution in [1.82, 2.24) is 0 Å². The van der Waals surface area contributed by atoms with Gasteiger partial charge in [0.2, 0.25) is 11.8 Å². The maximum atomic E-state index is 13.2. The number of carbonyl (C=O) groups excluding carboxylic acids is 4. The molecule has 0 unspecified atom stereocenters. The van der Waals surface area contributed by atoms with Crippen LogP contribution in [0, 0.1) is 23.7 Å². The van der Waals surface area contributed by atoms with Crippen molar-refractivity contribution in [2.45, 2.75) is 17.2 Å². The molecule has 3 aromatic carbocycles. The predicted molar refractivity (Wildman–Crippen MR) is 140 cm³/mol. The fourth-order valence-electron chi connectivity index (χ4n) is 6.11. The number of rotatable bonds is 5. The third-order valence-corrected chi connectivity index (χ3v) is 9.04. The zero-order valence-electron chi connectivity index (χ0n) is 19.5. The van der Waals surface area contributed by atoms with Crippen LogP contribution in [0.3, 0.4) is 0 Å². The first-order valence-electron chi connectivity index (χ1n) is 12.1. The summed E-state index contributed by atoms with van der Waals surface area (Å²) in [5, 5.41) is 3.93. The summed E-state index contributed by atoms with van der Waals surface area (Å²) in [7, 11) is 0. The Labute approximate surface area is 222 Å². The molecule has 0 aromatic heterocycles. The number of benzene rings is 3. The maximum absolute atomic E-state index is 13.2. The van der Waals surface area contributed by atoms with E-state index in [4.69, 9.17) is 27.9 Å². The summed E-state index contributed by atoms with van der Waals surface area (Å²) in [6.45, 7) is -0.490. The van der Waals surface area contributed by atoms with Crippen molar-refractivity contribution in [1.29, 1.82) is 0 Å². The van der Waals surface area contributed by atoms with Gasteiger partial charge in [-0.05, 0) is 47.9 Å². The number of halogens is 2. The standard InChI is InChI=1S/C28H22Cl2N2O5/c29-24-18-12-19(25(24)30)23-22(18)26(34)32(27(23)35)16-8-3-7-15(11-16)28(36)37-13-21(33)31-20-10-4-6-14-5-1-2-9-17(14)20/h1-11,18-19,22-25H,12-13H2,(H,31,33)/t18-,19-,22-,23+,24+,25+/m1/s1. The Balaban J connectivity index is 1.14. The highest BCUT2D eigenvalue weighted by Crippen LogP contribution is 2.59. The normalized spacial score (nSPS) is 28.0. The minimum absolute atomic E-state index is 0.126. The molecule has 1 saturated heterocycles. The number of hydrogen-bond donors (Lipinski definition) is 1. The molecule has 2 saturated carbocycles. The van der Waals surface area contributed by atoms with Crippen LogP contribution >= 0.6 is 23.2 Å². The van der Waals surface area contributed by atoms with Crippen LogP contribution in [-0.2, 0) is 19.1 Å². The minimum Gasteiger partial charge on any atom is -0.452 e. The molecule has 6 atom stereocenters. The van der Waals surface area contributed by atoms with Gasteiger partial charge in [0.25, 0.3) is 5.91 Å². The molecule has 7 nitrogen and oxygen atoms in total. The lowest BCUT2D eigenvalue weighted by atomic mass is 9.80. The van der Waals surface area contributed by atoms with E-state index in [0.29, 0.717) is 12.1 Å². The Kier molecular flexibility index (Phi) is 5.92. The third kappa shape index (κ3) is 3.88. The molecule has 1 aliphatic heterocycles. The number of ether oxygens (including phenoxy) is 1. The van der Waals surface area contributed by atoms with E-state index < -0.39 is 30.3 Å². The van der Waals surface area contributed by atoms with E-state index in [9.17, 15) is 19.2 Å². The lowest BCUT2D eigenvalue weighted by molar-refractivity contribution is -0.123.